The number of alkyl halides is 1. The van der Waals surface area contributed by atoms with Crippen LogP contribution >= 0.6 is 11.6 Å². The van der Waals surface area contributed by atoms with Crippen molar-refractivity contribution in [2.75, 3.05) is 38.9 Å². The summed E-state index contributed by atoms with van der Waals surface area (Å²) in [5, 5.41) is 0. The third-order valence-corrected chi connectivity index (χ3v) is 3.21. The highest BCUT2D eigenvalue weighted by Gasteiger charge is 2.15. The van der Waals surface area contributed by atoms with Gasteiger partial charge in [0.15, 0.2) is 0 Å². The minimum Gasteiger partial charge on any atom is -0.383 e. The molecule has 19 heavy (non-hydrogen) atoms. The predicted octanol–water partition coefficient (Wildman–Crippen LogP) is 3.05. The SMILES string of the molecule is COCCN(c1cc(F)cc(CCl)c1)C(C)COC. The average molecular weight is 290 g/mol. The monoisotopic (exact) mass is 289 g/mol. The second-order valence-electron chi connectivity index (χ2n) is 4.44. The van der Waals surface area contributed by atoms with E-state index in [2.05, 4.69) is 4.90 Å². The third kappa shape index (κ3) is 4.97. The van der Waals surface area contributed by atoms with Crippen LogP contribution in [0, 0.1) is 5.82 Å². The maximum absolute atomic E-state index is 13.6. The van der Waals surface area contributed by atoms with Crippen LogP contribution in [0.3, 0.4) is 0 Å². The van der Waals surface area contributed by atoms with Gasteiger partial charge in [0.1, 0.15) is 5.82 Å². The number of nitrogens with zero attached hydrogens (tertiary/aromatic N) is 1. The van der Waals surface area contributed by atoms with Gasteiger partial charge in [-0.05, 0) is 30.7 Å². The van der Waals surface area contributed by atoms with Gasteiger partial charge in [0, 0.05) is 38.4 Å². The number of halogens is 2. The molecule has 0 saturated heterocycles. The lowest BCUT2D eigenvalue weighted by Crippen LogP contribution is -2.38. The minimum absolute atomic E-state index is 0.130. The van der Waals surface area contributed by atoms with Crippen LogP contribution in [-0.4, -0.2) is 40.0 Å². The number of anilines is 1. The topological polar surface area (TPSA) is 21.7 Å². The molecule has 0 aliphatic heterocycles. The van der Waals surface area contributed by atoms with Gasteiger partial charge in [0.25, 0.3) is 0 Å². The third-order valence-electron chi connectivity index (χ3n) is 2.90. The summed E-state index contributed by atoms with van der Waals surface area (Å²) in [5.74, 6) is 0.0156. The predicted molar refractivity (Wildman–Crippen MR) is 76.5 cm³/mol. The Morgan fingerprint density at radius 3 is 2.58 bits per heavy atom. The van der Waals surface area contributed by atoms with Crippen LogP contribution in [0.5, 0.6) is 0 Å². The number of hydrogen-bond donors (Lipinski definition) is 0. The second kappa shape index (κ2) is 8.35. The molecule has 0 amide bonds. The van der Waals surface area contributed by atoms with Crippen molar-refractivity contribution in [1.82, 2.24) is 0 Å². The lowest BCUT2D eigenvalue weighted by molar-refractivity contribution is 0.171. The molecule has 0 bridgehead atoms. The quantitative estimate of drug-likeness (QED) is 0.687. The van der Waals surface area contributed by atoms with E-state index in [4.69, 9.17) is 21.1 Å². The molecule has 0 aromatic heterocycles. The van der Waals surface area contributed by atoms with Gasteiger partial charge in [-0.25, -0.2) is 4.39 Å². The Hall–Kier alpha value is -0.840. The second-order valence-corrected chi connectivity index (χ2v) is 4.71. The maximum atomic E-state index is 13.6. The number of rotatable bonds is 8. The first kappa shape index (κ1) is 16.2. The summed E-state index contributed by atoms with van der Waals surface area (Å²) in [6.45, 7) is 3.84. The molecule has 108 valence electrons. The van der Waals surface area contributed by atoms with Crippen LogP contribution in [-0.2, 0) is 15.4 Å². The summed E-state index contributed by atoms with van der Waals surface area (Å²) in [7, 11) is 3.30. The van der Waals surface area contributed by atoms with E-state index in [1.165, 1.54) is 12.1 Å². The first-order chi connectivity index (χ1) is 9.12. The molecule has 0 fully saturated rings. The fourth-order valence-electron chi connectivity index (χ4n) is 2.00. The zero-order valence-electron chi connectivity index (χ0n) is 11.7. The highest BCUT2D eigenvalue weighted by Crippen LogP contribution is 2.22. The number of hydrogen-bond acceptors (Lipinski definition) is 3. The molecular weight excluding hydrogens is 269 g/mol. The Morgan fingerprint density at radius 1 is 1.26 bits per heavy atom. The van der Waals surface area contributed by atoms with Crippen molar-refractivity contribution < 1.29 is 13.9 Å². The van der Waals surface area contributed by atoms with E-state index in [1.54, 1.807) is 14.2 Å². The van der Waals surface area contributed by atoms with Gasteiger partial charge in [-0.15, -0.1) is 11.6 Å². The molecule has 1 aromatic rings. The average Bonchev–Trinajstić information content (AvgIpc) is 2.39. The Morgan fingerprint density at radius 2 is 2.00 bits per heavy atom. The molecule has 0 saturated carbocycles. The molecule has 0 radical (unpaired) electrons. The van der Waals surface area contributed by atoms with Crippen molar-refractivity contribution in [3.63, 3.8) is 0 Å². The molecule has 0 N–H and O–H groups in total. The first-order valence-corrected chi connectivity index (χ1v) is 6.75. The Labute approximate surface area is 119 Å². The van der Waals surface area contributed by atoms with E-state index < -0.39 is 0 Å². The zero-order chi connectivity index (χ0) is 14.3. The fourth-order valence-corrected chi connectivity index (χ4v) is 2.16. The summed E-state index contributed by atoms with van der Waals surface area (Å²) in [6.07, 6.45) is 0. The highest BCUT2D eigenvalue weighted by atomic mass is 35.5. The summed E-state index contributed by atoms with van der Waals surface area (Å²) in [6, 6.07) is 4.99. The molecule has 0 heterocycles. The molecule has 0 aliphatic carbocycles. The van der Waals surface area contributed by atoms with E-state index in [1.807, 2.05) is 13.0 Å². The molecule has 0 aliphatic rings. The van der Waals surface area contributed by atoms with E-state index >= 15 is 0 Å². The van der Waals surface area contributed by atoms with Gasteiger partial charge in [-0.3, -0.25) is 0 Å². The Bertz CT molecular complexity index is 390. The van der Waals surface area contributed by atoms with E-state index in [0.29, 0.717) is 25.6 Å². The molecule has 1 unspecified atom stereocenters. The number of ether oxygens (including phenoxy) is 2. The van der Waals surface area contributed by atoms with Gasteiger partial charge < -0.3 is 14.4 Å². The van der Waals surface area contributed by atoms with E-state index in [-0.39, 0.29) is 11.9 Å². The zero-order valence-corrected chi connectivity index (χ0v) is 12.4. The molecular formula is C14H21ClFNO2. The lowest BCUT2D eigenvalue weighted by Gasteiger charge is -2.31. The van der Waals surface area contributed by atoms with Crippen molar-refractivity contribution in [2.45, 2.75) is 18.8 Å². The van der Waals surface area contributed by atoms with Crippen molar-refractivity contribution in [1.29, 1.82) is 0 Å². The molecule has 1 rings (SSSR count). The Balaban J connectivity index is 2.97. The van der Waals surface area contributed by atoms with Gasteiger partial charge >= 0.3 is 0 Å². The smallest absolute Gasteiger partial charge is 0.125 e. The molecule has 3 nitrogen and oxygen atoms in total. The molecule has 0 spiro atoms. The van der Waals surface area contributed by atoms with Crippen molar-refractivity contribution in [3.8, 4) is 0 Å². The summed E-state index contributed by atoms with van der Waals surface area (Å²) >= 11 is 5.79. The van der Waals surface area contributed by atoms with Gasteiger partial charge in [0.2, 0.25) is 0 Å². The van der Waals surface area contributed by atoms with Crippen LogP contribution in [0.15, 0.2) is 18.2 Å². The highest BCUT2D eigenvalue weighted by molar-refractivity contribution is 6.17. The van der Waals surface area contributed by atoms with Crippen molar-refractivity contribution in [2.24, 2.45) is 0 Å². The van der Waals surface area contributed by atoms with Crippen molar-refractivity contribution >= 4 is 17.3 Å². The number of methoxy groups -OCH3 is 2. The molecule has 1 aromatic carbocycles. The largest absolute Gasteiger partial charge is 0.383 e. The summed E-state index contributed by atoms with van der Waals surface area (Å²) < 4.78 is 23.9. The lowest BCUT2D eigenvalue weighted by atomic mass is 10.1. The molecule has 5 heteroatoms. The van der Waals surface area contributed by atoms with Crippen LogP contribution < -0.4 is 4.90 Å². The van der Waals surface area contributed by atoms with Crippen LogP contribution in [0.25, 0.3) is 0 Å². The van der Waals surface area contributed by atoms with Gasteiger partial charge in [-0.1, -0.05) is 0 Å². The number of benzene rings is 1. The van der Waals surface area contributed by atoms with E-state index in [0.717, 1.165) is 11.3 Å². The van der Waals surface area contributed by atoms with Crippen LogP contribution in [0.4, 0.5) is 10.1 Å². The van der Waals surface area contributed by atoms with Gasteiger partial charge in [-0.2, -0.15) is 0 Å². The van der Waals surface area contributed by atoms with E-state index in [9.17, 15) is 4.39 Å². The summed E-state index contributed by atoms with van der Waals surface area (Å²) in [4.78, 5) is 2.06. The summed E-state index contributed by atoms with van der Waals surface area (Å²) in [5.41, 5.74) is 1.57. The normalized spacial score (nSPS) is 12.5. The fraction of sp³-hybridized carbons (Fsp3) is 0.571. The maximum Gasteiger partial charge on any atom is 0.125 e. The van der Waals surface area contributed by atoms with Crippen molar-refractivity contribution in [3.05, 3.63) is 29.6 Å². The van der Waals surface area contributed by atoms with Crippen LogP contribution in [0.1, 0.15) is 12.5 Å². The molecule has 1 atom stereocenters. The first-order valence-electron chi connectivity index (χ1n) is 6.22. The minimum atomic E-state index is -0.278. The van der Waals surface area contributed by atoms with Gasteiger partial charge in [0.05, 0.1) is 13.2 Å². The standard InChI is InChI=1S/C14H21ClFNO2/c1-11(10-19-3)17(4-5-18-2)14-7-12(9-15)6-13(16)8-14/h6-8,11H,4-5,9-10H2,1-3H3. The Kier molecular flexibility index (Phi) is 7.13. The van der Waals surface area contributed by atoms with Crippen LogP contribution in [0.2, 0.25) is 0 Å².